The van der Waals surface area contributed by atoms with Crippen molar-refractivity contribution in [3.63, 3.8) is 0 Å². The Bertz CT molecular complexity index is 1200. The van der Waals surface area contributed by atoms with Crippen LogP contribution >= 0.6 is 11.6 Å². The Morgan fingerprint density at radius 3 is 2.56 bits per heavy atom. The quantitative estimate of drug-likeness (QED) is 0.361. The van der Waals surface area contributed by atoms with Crippen molar-refractivity contribution in [1.29, 1.82) is 0 Å². The summed E-state index contributed by atoms with van der Waals surface area (Å²) in [5.74, 6) is 2.03. The van der Waals surface area contributed by atoms with Crippen LogP contribution in [0.3, 0.4) is 0 Å². The lowest BCUT2D eigenvalue weighted by Gasteiger charge is -2.12. The molecule has 0 bridgehead atoms. The van der Waals surface area contributed by atoms with E-state index in [0.29, 0.717) is 41.8 Å². The second-order valence-electron chi connectivity index (χ2n) is 7.21. The number of halogens is 1. The van der Waals surface area contributed by atoms with Crippen LogP contribution in [-0.4, -0.2) is 29.2 Å². The topological polar surface area (TPSA) is 65.4 Å². The smallest absolute Gasteiger partial charge is 0.251 e. The molecule has 1 amide bonds. The number of methoxy groups -OCH3 is 1. The number of para-hydroxylation sites is 3. The summed E-state index contributed by atoms with van der Waals surface area (Å²) in [5.41, 5.74) is 2.49. The molecule has 32 heavy (non-hydrogen) atoms. The number of ether oxygens (including phenoxy) is 2. The van der Waals surface area contributed by atoms with Crippen molar-refractivity contribution < 1.29 is 14.3 Å². The lowest BCUT2D eigenvalue weighted by Crippen LogP contribution is -2.25. The predicted molar refractivity (Wildman–Crippen MR) is 125 cm³/mol. The van der Waals surface area contributed by atoms with E-state index in [1.54, 1.807) is 31.4 Å². The van der Waals surface area contributed by atoms with E-state index in [9.17, 15) is 4.79 Å². The number of amides is 1. The molecule has 0 aliphatic rings. The number of benzene rings is 3. The number of carbonyl (C=O) groups excluding carboxylic acids is 1. The number of aromatic nitrogens is 2. The van der Waals surface area contributed by atoms with Crippen LogP contribution in [0.5, 0.6) is 11.5 Å². The van der Waals surface area contributed by atoms with E-state index in [1.165, 1.54) is 0 Å². The van der Waals surface area contributed by atoms with Gasteiger partial charge in [-0.1, -0.05) is 35.9 Å². The van der Waals surface area contributed by atoms with E-state index < -0.39 is 0 Å². The van der Waals surface area contributed by atoms with E-state index in [-0.39, 0.29) is 5.91 Å². The lowest BCUT2D eigenvalue weighted by molar-refractivity contribution is 0.0949. The van der Waals surface area contributed by atoms with Gasteiger partial charge in [0.2, 0.25) is 0 Å². The van der Waals surface area contributed by atoms with Crippen molar-refractivity contribution in [3.05, 3.63) is 89.2 Å². The number of imidazole rings is 1. The molecule has 1 heterocycles. The first-order chi connectivity index (χ1) is 15.7. The van der Waals surface area contributed by atoms with Gasteiger partial charge >= 0.3 is 0 Å². The third-order valence-electron chi connectivity index (χ3n) is 5.11. The van der Waals surface area contributed by atoms with Crippen molar-refractivity contribution in [2.75, 3.05) is 13.7 Å². The molecule has 6 nitrogen and oxygen atoms in total. The highest BCUT2D eigenvalue weighted by Gasteiger charge is 2.13. The highest BCUT2D eigenvalue weighted by atomic mass is 35.5. The average molecular weight is 450 g/mol. The maximum atomic E-state index is 12.6. The minimum Gasteiger partial charge on any atom is -0.497 e. The predicted octanol–water partition coefficient (Wildman–Crippen LogP) is 5.10. The molecular formula is C25H24ClN3O3. The molecule has 4 rings (SSSR count). The van der Waals surface area contributed by atoms with Crippen LogP contribution in [0.2, 0.25) is 5.02 Å². The van der Waals surface area contributed by atoms with Crippen LogP contribution in [0, 0.1) is 0 Å². The van der Waals surface area contributed by atoms with Crippen LogP contribution in [0.4, 0.5) is 0 Å². The van der Waals surface area contributed by atoms with E-state index in [2.05, 4.69) is 9.88 Å². The summed E-state index contributed by atoms with van der Waals surface area (Å²) in [6.45, 7) is 1.55. The van der Waals surface area contributed by atoms with Crippen molar-refractivity contribution in [2.24, 2.45) is 0 Å². The number of fused-ring (bicyclic) bond motifs is 1. The number of nitrogens with one attached hydrogen (secondary N) is 1. The Morgan fingerprint density at radius 2 is 1.78 bits per heavy atom. The number of rotatable bonds is 9. The molecule has 3 aromatic carbocycles. The molecule has 0 aliphatic heterocycles. The number of hydrogen-bond acceptors (Lipinski definition) is 4. The zero-order valence-corrected chi connectivity index (χ0v) is 18.5. The SMILES string of the molecule is COc1ccc(C(=O)NCc2nc3ccccc3n2CCCOc2ccccc2Cl)cc1. The summed E-state index contributed by atoms with van der Waals surface area (Å²) in [6, 6.07) is 22.4. The average Bonchev–Trinajstić information content (AvgIpc) is 3.19. The van der Waals surface area contributed by atoms with Gasteiger partial charge in [-0.05, 0) is 55.0 Å². The Morgan fingerprint density at radius 1 is 1.03 bits per heavy atom. The normalized spacial score (nSPS) is 10.8. The van der Waals surface area contributed by atoms with Crippen LogP contribution < -0.4 is 14.8 Å². The van der Waals surface area contributed by atoms with Crippen LogP contribution in [0.15, 0.2) is 72.8 Å². The minimum absolute atomic E-state index is 0.159. The molecule has 0 atom stereocenters. The van der Waals surface area contributed by atoms with Gasteiger partial charge in [0, 0.05) is 12.1 Å². The van der Waals surface area contributed by atoms with Crippen LogP contribution in [-0.2, 0) is 13.1 Å². The third-order valence-corrected chi connectivity index (χ3v) is 5.43. The fraction of sp³-hybridized carbons (Fsp3) is 0.200. The Hall–Kier alpha value is -3.51. The highest BCUT2D eigenvalue weighted by molar-refractivity contribution is 6.32. The van der Waals surface area contributed by atoms with Gasteiger partial charge < -0.3 is 19.4 Å². The number of aryl methyl sites for hydroxylation is 1. The Labute approximate surface area is 191 Å². The largest absolute Gasteiger partial charge is 0.497 e. The first kappa shape index (κ1) is 21.7. The van der Waals surface area contributed by atoms with E-state index in [0.717, 1.165) is 23.3 Å². The fourth-order valence-corrected chi connectivity index (χ4v) is 3.67. The summed E-state index contributed by atoms with van der Waals surface area (Å²) in [4.78, 5) is 17.3. The summed E-state index contributed by atoms with van der Waals surface area (Å²) < 4.78 is 13.1. The van der Waals surface area contributed by atoms with E-state index in [4.69, 9.17) is 26.1 Å². The molecule has 0 saturated carbocycles. The number of hydrogen-bond donors (Lipinski definition) is 1. The summed E-state index contributed by atoms with van der Waals surface area (Å²) >= 11 is 6.16. The molecule has 7 heteroatoms. The van der Waals surface area contributed by atoms with Gasteiger partial charge in [-0.2, -0.15) is 0 Å². The van der Waals surface area contributed by atoms with Crippen molar-refractivity contribution in [1.82, 2.24) is 14.9 Å². The molecule has 164 valence electrons. The Kier molecular flexibility index (Phi) is 6.92. The molecular weight excluding hydrogens is 426 g/mol. The maximum Gasteiger partial charge on any atom is 0.251 e. The molecule has 1 N–H and O–H groups in total. The zero-order chi connectivity index (χ0) is 22.3. The first-order valence-corrected chi connectivity index (χ1v) is 10.8. The maximum absolute atomic E-state index is 12.6. The Balaban J connectivity index is 1.42. The van der Waals surface area contributed by atoms with E-state index >= 15 is 0 Å². The van der Waals surface area contributed by atoms with Crippen molar-refractivity contribution in [3.8, 4) is 11.5 Å². The number of nitrogens with zero attached hydrogens (tertiary/aromatic N) is 2. The zero-order valence-electron chi connectivity index (χ0n) is 17.8. The molecule has 0 fully saturated rings. The minimum atomic E-state index is -0.159. The second-order valence-corrected chi connectivity index (χ2v) is 7.62. The van der Waals surface area contributed by atoms with Gasteiger partial charge in [0.1, 0.15) is 17.3 Å². The molecule has 0 unspecified atom stereocenters. The molecule has 4 aromatic rings. The molecule has 0 radical (unpaired) electrons. The lowest BCUT2D eigenvalue weighted by atomic mass is 10.2. The van der Waals surface area contributed by atoms with Gasteiger partial charge in [-0.15, -0.1) is 0 Å². The summed E-state index contributed by atoms with van der Waals surface area (Å²) in [7, 11) is 1.60. The van der Waals surface area contributed by atoms with Gasteiger partial charge in [0.25, 0.3) is 5.91 Å². The van der Waals surface area contributed by atoms with Crippen molar-refractivity contribution >= 4 is 28.5 Å². The third kappa shape index (κ3) is 5.03. The molecule has 0 saturated heterocycles. The first-order valence-electron chi connectivity index (χ1n) is 10.4. The molecule has 0 spiro atoms. The van der Waals surface area contributed by atoms with Gasteiger partial charge in [-0.25, -0.2) is 4.98 Å². The van der Waals surface area contributed by atoms with Gasteiger partial charge in [-0.3, -0.25) is 4.79 Å². The molecule has 1 aromatic heterocycles. The fourth-order valence-electron chi connectivity index (χ4n) is 3.48. The highest BCUT2D eigenvalue weighted by Crippen LogP contribution is 2.23. The summed E-state index contributed by atoms with van der Waals surface area (Å²) in [5, 5.41) is 3.57. The second kappa shape index (κ2) is 10.2. The van der Waals surface area contributed by atoms with E-state index in [1.807, 2.05) is 48.5 Å². The van der Waals surface area contributed by atoms with Gasteiger partial charge in [0.05, 0.1) is 36.3 Å². The monoisotopic (exact) mass is 449 g/mol. The van der Waals surface area contributed by atoms with Crippen LogP contribution in [0.25, 0.3) is 11.0 Å². The number of carbonyl (C=O) groups is 1. The standard InChI is InChI=1S/C25H24ClN3O3/c1-31-19-13-11-18(12-14-19)25(30)27-17-24-28-21-8-3-4-9-22(21)29(24)15-6-16-32-23-10-5-2-7-20(23)26/h2-5,7-14H,6,15-17H2,1H3,(H,27,30). The summed E-state index contributed by atoms with van der Waals surface area (Å²) in [6.07, 6.45) is 0.769. The molecule has 0 aliphatic carbocycles. The van der Waals surface area contributed by atoms with Gasteiger partial charge in [0.15, 0.2) is 0 Å². The van der Waals surface area contributed by atoms with Crippen LogP contribution in [0.1, 0.15) is 22.6 Å². The van der Waals surface area contributed by atoms with Crippen molar-refractivity contribution in [2.45, 2.75) is 19.5 Å².